The second kappa shape index (κ2) is 7.44. The normalized spacial score (nSPS) is 18.5. The molecule has 0 saturated heterocycles. The first-order valence-corrected chi connectivity index (χ1v) is 10.9. The topological polar surface area (TPSA) is 97.3 Å². The van der Waals surface area contributed by atoms with E-state index >= 15 is 0 Å². The van der Waals surface area contributed by atoms with Crippen LogP contribution in [0.2, 0.25) is 0 Å². The van der Waals surface area contributed by atoms with Crippen molar-refractivity contribution < 1.29 is 27.7 Å². The van der Waals surface area contributed by atoms with Crippen molar-refractivity contribution in [3.8, 4) is 23.0 Å². The molecule has 5 rings (SSSR count). The molecular weight excluding hydrogens is 420 g/mol. The summed E-state index contributed by atoms with van der Waals surface area (Å²) in [7, 11) is -3.83. The zero-order valence-corrected chi connectivity index (χ0v) is 17.0. The molecule has 1 atom stereocenters. The van der Waals surface area contributed by atoms with Gasteiger partial charge in [0.1, 0.15) is 18.1 Å². The van der Waals surface area contributed by atoms with E-state index < -0.39 is 16.1 Å². The third-order valence-corrected chi connectivity index (χ3v) is 6.11. The van der Waals surface area contributed by atoms with Crippen LogP contribution in [0.4, 0.5) is 5.69 Å². The molecule has 0 amide bonds. The Bertz CT molecular complexity index is 1240. The maximum Gasteiger partial charge on any atom is 0.330 e. The van der Waals surface area contributed by atoms with Gasteiger partial charge in [0.05, 0.1) is 11.9 Å². The van der Waals surface area contributed by atoms with Crippen molar-refractivity contribution in [2.75, 3.05) is 10.9 Å². The highest BCUT2D eigenvalue weighted by Crippen LogP contribution is 2.43. The fraction of sp³-hybridized carbons (Fsp3) is 0.0909. The Morgan fingerprint density at radius 1 is 0.968 bits per heavy atom. The Kier molecular flexibility index (Phi) is 4.59. The van der Waals surface area contributed by atoms with Crippen LogP contribution in [-0.4, -0.2) is 20.1 Å². The van der Waals surface area contributed by atoms with E-state index in [0.29, 0.717) is 35.3 Å². The molecule has 31 heavy (non-hydrogen) atoms. The minimum absolute atomic E-state index is 0.327. The van der Waals surface area contributed by atoms with Crippen molar-refractivity contribution in [1.29, 1.82) is 0 Å². The summed E-state index contributed by atoms with van der Waals surface area (Å²) >= 11 is 0. The van der Waals surface area contributed by atoms with Gasteiger partial charge in [0.2, 0.25) is 5.88 Å². The molecule has 0 bridgehead atoms. The number of para-hydroxylation sites is 2. The van der Waals surface area contributed by atoms with E-state index in [0.717, 1.165) is 16.1 Å². The molecule has 0 spiro atoms. The van der Waals surface area contributed by atoms with Gasteiger partial charge in [-0.1, -0.05) is 30.3 Å². The molecule has 2 heterocycles. The van der Waals surface area contributed by atoms with Crippen LogP contribution in [-0.2, 0) is 10.2 Å². The molecule has 9 heteroatoms. The molecule has 0 unspecified atom stereocenters. The van der Waals surface area contributed by atoms with Crippen LogP contribution in [0.25, 0.3) is 0 Å². The van der Waals surface area contributed by atoms with E-state index in [9.17, 15) is 13.5 Å². The minimum atomic E-state index is -3.83. The molecule has 158 valence electrons. The largest absolute Gasteiger partial charge is 0.493 e. The van der Waals surface area contributed by atoms with E-state index in [1.165, 1.54) is 0 Å². The summed E-state index contributed by atoms with van der Waals surface area (Å²) < 4.78 is 44.8. The lowest BCUT2D eigenvalue weighted by Crippen LogP contribution is -2.29. The number of hydrogen-bond acceptors (Lipinski definition) is 6. The van der Waals surface area contributed by atoms with Crippen molar-refractivity contribution in [3.05, 3.63) is 90.4 Å². The van der Waals surface area contributed by atoms with Crippen molar-refractivity contribution in [3.63, 3.8) is 0 Å². The van der Waals surface area contributed by atoms with E-state index in [1.54, 1.807) is 24.3 Å². The van der Waals surface area contributed by atoms with E-state index in [-0.39, 0.29) is 6.10 Å². The fourth-order valence-corrected chi connectivity index (χ4v) is 4.47. The Morgan fingerprint density at radius 2 is 1.74 bits per heavy atom. The maximum absolute atomic E-state index is 12.0. The Balaban J connectivity index is 1.33. The van der Waals surface area contributed by atoms with Gasteiger partial charge in [-0.2, -0.15) is 8.42 Å². The van der Waals surface area contributed by atoms with Gasteiger partial charge in [-0.05, 0) is 42.5 Å². The molecule has 0 fully saturated rings. The van der Waals surface area contributed by atoms with Gasteiger partial charge in [-0.3, -0.25) is 0 Å². The lowest BCUT2D eigenvalue weighted by molar-refractivity contribution is 0.162. The third kappa shape index (κ3) is 3.71. The summed E-state index contributed by atoms with van der Waals surface area (Å²) in [4.78, 5) is 0. The molecule has 2 aliphatic rings. The van der Waals surface area contributed by atoms with Gasteiger partial charge < -0.3 is 19.3 Å². The van der Waals surface area contributed by atoms with Crippen LogP contribution < -0.4 is 23.2 Å². The molecule has 2 N–H and O–H groups in total. The quantitative estimate of drug-likeness (QED) is 0.625. The molecule has 0 aromatic heterocycles. The number of benzene rings is 3. The van der Waals surface area contributed by atoms with Crippen molar-refractivity contribution >= 4 is 15.9 Å². The number of hydrogen-bond donors (Lipinski definition) is 2. The first-order valence-electron chi connectivity index (χ1n) is 9.48. The Hall–Kier alpha value is -3.85. The van der Waals surface area contributed by atoms with Gasteiger partial charge in [0.15, 0.2) is 17.6 Å². The SMILES string of the molecule is O=S1(=O)NC(O)=CN1c1ccc(O[C@@H]2COc3c(Oc4ccccc4)cccc32)cc1. The summed E-state index contributed by atoms with van der Waals surface area (Å²) in [6, 6.07) is 21.6. The van der Waals surface area contributed by atoms with E-state index in [2.05, 4.69) is 0 Å². The predicted octanol–water partition coefficient (Wildman–Crippen LogP) is 4.00. The predicted molar refractivity (Wildman–Crippen MR) is 114 cm³/mol. The second-order valence-electron chi connectivity index (χ2n) is 6.92. The van der Waals surface area contributed by atoms with Gasteiger partial charge in [0.25, 0.3) is 0 Å². The zero-order chi connectivity index (χ0) is 21.4. The second-order valence-corrected chi connectivity index (χ2v) is 8.47. The first-order chi connectivity index (χ1) is 15.0. The molecule has 3 aromatic carbocycles. The van der Waals surface area contributed by atoms with Crippen molar-refractivity contribution in [1.82, 2.24) is 4.72 Å². The van der Waals surface area contributed by atoms with Crippen molar-refractivity contribution in [2.45, 2.75) is 6.10 Å². The van der Waals surface area contributed by atoms with Gasteiger partial charge in [0, 0.05) is 5.56 Å². The fourth-order valence-electron chi connectivity index (χ4n) is 3.42. The smallest absolute Gasteiger partial charge is 0.330 e. The number of fused-ring (bicyclic) bond motifs is 1. The number of anilines is 1. The number of aliphatic hydroxyl groups is 1. The zero-order valence-electron chi connectivity index (χ0n) is 16.1. The highest BCUT2D eigenvalue weighted by Gasteiger charge is 2.30. The molecule has 0 aliphatic carbocycles. The molecule has 8 nitrogen and oxygen atoms in total. The summed E-state index contributed by atoms with van der Waals surface area (Å²) in [6.07, 6.45) is 0.766. The highest BCUT2D eigenvalue weighted by molar-refractivity contribution is 7.91. The minimum Gasteiger partial charge on any atom is -0.493 e. The van der Waals surface area contributed by atoms with Gasteiger partial charge in [-0.15, -0.1) is 0 Å². The number of ether oxygens (including phenoxy) is 3. The summed E-state index contributed by atoms with van der Waals surface area (Å²) in [5.74, 6) is 2.09. The van der Waals surface area contributed by atoms with E-state index in [4.69, 9.17) is 14.2 Å². The maximum atomic E-state index is 12.0. The molecule has 0 saturated carbocycles. The first kappa shape index (κ1) is 19.1. The molecular formula is C22H18N2O6S. The average Bonchev–Trinajstić information content (AvgIpc) is 3.29. The van der Waals surface area contributed by atoms with Gasteiger partial charge in [-0.25, -0.2) is 9.03 Å². The van der Waals surface area contributed by atoms with Crippen LogP contribution in [0.3, 0.4) is 0 Å². The monoisotopic (exact) mass is 438 g/mol. The molecule has 0 radical (unpaired) electrons. The van der Waals surface area contributed by atoms with Gasteiger partial charge >= 0.3 is 10.2 Å². The van der Waals surface area contributed by atoms with Crippen molar-refractivity contribution in [2.24, 2.45) is 0 Å². The average molecular weight is 438 g/mol. The Morgan fingerprint density at radius 3 is 2.45 bits per heavy atom. The van der Waals surface area contributed by atoms with Crippen LogP contribution >= 0.6 is 0 Å². The van der Waals surface area contributed by atoms with E-state index in [1.807, 2.05) is 53.3 Å². The van der Waals surface area contributed by atoms with Crippen LogP contribution in [0.1, 0.15) is 11.7 Å². The number of nitrogens with one attached hydrogen (secondary N) is 1. The molecule has 2 aliphatic heterocycles. The number of rotatable bonds is 5. The lowest BCUT2D eigenvalue weighted by Gasteiger charge is -2.16. The summed E-state index contributed by atoms with van der Waals surface area (Å²) in [6.45, 7) is 0.327. The van der Waals surface area contributed by atoms with Crippen LogP contribution in [0.5, 0.6) is 23.0 Å². The summed E-state index contributed by atoms with van der Waals surface area (Å²) in [5, 5.41) is 9.43. The van der Waals surface area contributed by atoms with Crippen LogP contribution in [0, 0.1) is 0 Å². The highest BCUT2D eigenvalue weighted by atomic mass is 32.2. The lowest BCUT2D eigenvalue weighted by atomic mass is 10.1. The standard InChI is InChI=1S/C22H18N2O6S/c25-21-13-24(31(26,27)23-21)15-9-11-17(12-10-15)30-20-14-28-22-18(20)7-4-8-19(22)29-16-5-2-1-3-6-16/h1-13,20,23,25H,14H2/t20-/m1/s1. The van der Waals surface area contributed by atoms with Crippen LogP contribution in [0.15, 0.2) is 84.9 Å². The number of aliphatic hydroxyl groups excluding tert-OH is 1. The molecule has 3 aromatic rings. The summed E-state index contributed by atoms with van der Waals surface area (Å²) in [5.41, 5.74) is 1.24. The Labute approximate surface area is 179 Å². The number of nitrogens with zero attached hydrogens (tertiary/aromatic N) is 1. The third-order valence-electron chi connectivity index (χ3n) is 4.81.